The smallest absolute Gasteiger partial charge is 0.253 e. The third-order valence-electron chi connectivity index (χ3n) is 5.10. The number of carbonyl (C=O) groups excluding carboxylic acids is 1. The zero-order valence-corrected chi connectivity index (χ0v) is 15.0. The minimum atomic E-state index is 0.103. The first-order valence-electron chi connectivity index (χ1n) is 8.81. The highest BCUT2D eigenvalue weighted by Crippen LogP contribution is 2.20. The summed E-state index contributed by atoms with van der Waals surface area (Å²) >= 11 is 0. The van der Waals surface area contributed by atoms with Gasteiger partial charge in [-0.15, -0.1) is 0 Å². The van der Waals surface area contributed by atoms with Crippen molar-refractivity contribution < 1.29 is 4.79 Å². The van der Waals surface area contributed by atoms with Crippen LogP contribution in [-0.2, 0) is 0 Å². The molecule has 128 valence electrons. The lowest BCUT2D eigenvalue weighted by atomic mass is 10.1. The summed E-state index contributed by atoms with van der Waals surface area (Å²) < 4.78 is 0. The fraction of sp³-hybridized carbons (Fsp3) is 0.526. The molecule has 1 aliphatic heterocycles. The van der Waals surface area contributed by atoms with Crippen LogP contribution in [0.4, 0.5) is 0 Å². The van der Waals surface area contributed by atoms with E-state index in [0.29, 0.717) is 11.6 Å². The van der Waals surface area contributed by atoms with Crippen molar-refractivity contribution in [2.24, 2.45) is 0 Å². The number of hydrogen-bond acceptors (Lipinski definition) is 4. The Morgan fingerprint density at radius 3 is 2.50 bits per heavy atom. The number of likely N-dealkylation sites (N-methyl/N-ethyl adjacent to an activating group) is 1. The highest BCUT2D eigenvalue weighted by molar-refractivity contribution is 5.97. The van der Waals surface area contributed by atoms with E-state index < -0.39 is 0 Å². The Balaban J connectivity index is 1.80. The van der Waals surface area contributed by atoms with Gasteiger partial charge in [-0.1, -0.05) is 13.8 Å². The molecule has 3 rings (SSSR count). The van der Waals surface area contributed by atoms with Crippen LogP contribution in [0.2, 0.25) is 0 Å². The Bertz CT molecular complexity index is 754. The van der Waals surface area contributed by atoms with Gasteiger partial charge in [-0.3, -0.25) is 9.69 Å². The normalized spacial score (nSPS) is 17.9. The van der Waals surface area contributed by atoms with E-state index >= 15 is 0 Å². The Morgan fingerprint density at radius 1 is 1.17 bits per heavy atom. The first-order chi connectivity index (χ1) is 11.5. The highest BCUT2D eigenvalue weighted by Gasteiger charge is 2.29. The van der Waals surface area contributed by atoms with E-state index in [2.05, 4.69) is 28.7 Å². The van der Waals surface area contributed by atoms with Gasteiger partial charge in [0.2, 0.25) is 0 Å². The van der Waals surface area contributed by atoms with Gasteiger partial charge in [-0.25, -0.2) is 9.97 Å². The molecule has 2 heterocycles. The average molecular weight is 326 g/mol. The number of likely N-dealkylation sites (tertiary alicyclic amines) is 1. The molecular weight excluding hydrogens is 300 g/mol. The van der Waals surface area contributed by atoms with E-state index in [1.807, 2.05) is 36.9 Å². The maximum Gasteiger partial charge on any atom is 0.253 e. The molecule has 0 spiro atoms. The van der Waals surface area contributed by atoms with Crippen molar-refractivity contribution in [3.8, 4) is 0 Å². The Morgan fingerprint density at radius 2 is 1.83 bits per heavy atom. The lowest BCUT2D eigenvalue weighted by Gasteiger charge is -2.26. The van der Waals surface area contributed by atoms with E-state index in [4.69, 9.17) is 0 Å². The van der Waals surface area contributed by atoms with E-state index in [1.165, 1.54) is 0 Å². The predicted octanol–water partition coefficient (Wildman–Crippen LogP) is 2.80. The number of amides is 1. The van der Waals surface area contributed by atoms with Crippen LogP contribution in [0.25, 0.3) is 11.0 Å². The fourth-order valence-corrected chi connectivity index (χ4v) is 3.51. The quantitative estimate of drug-likeness (QED) is 0.867. The molecule has 1 atom stereocenters. The van der Waals surface area contributed by atoms with Crippen molar-refractivity contribution in [2.75, 3.05) is 26.2 Å². The van der Waals surface area contributed by atoms with Crippen LogP contribution in [0, 0.1) is 13.8 Å². The number of rotatable bonds is 4. The Kier molecular flexibility index (Phi) is 4.81. The molecule has 5 heteroatoms. The molecule has 1 saturated heterocycles. The van der Waals surface area contributed by atoms with Crippen molar-refractivity contribution in [3.05, 3.63) is 35.2 Å². The number of carbonyl (C=O) groups is 1. The molecule has 0 N–H and O–H groups in total. The van der Waals surface area contributed by atoms with Crippen molar-refractivity contribution in [1.29, 1.82) is 0 Å². The molecular formula is C19H26N4O. The van der Waals surface area contributed by atoms with Gasteiger partial charge in [0.25, 0.3) is 5.91 Å². The van der Waals surface area contributed by atoms with Crippen LogP contribution < -0.4 is 0 Å². The van der Waals surface area contributed by atoms with Gasteiger partial charge in [0, 0.05) is 24.7 Å². The number of nitrogens with zero attached hydrogens (tertiary/aromatic N) is 4. The third-order valence-corrected chi connectivity index (χ3v) is 5.10. The molecule has 1 aliphatic rings. The van der Waals surface area contributed by atoms with E-state index in [0.717, 1.165) is 55.0 Å². The first-order valence-corrected chi connectivity index (χ1v) is 8.81. The summed E-state index contributed by atoms with van der Waals surface area (Å²) in [6.45, 7) is 12.0. The molecule has 1 fully saturated rings. The topological polar surface area (TPSA) is 49.3 Å². The van der Waals surface area contributed by atoms with Gasteiger partial charge in [0.05, 0.1) is 22.4 Å². The Hall–Kier alpha value is -2.01. The van der Waals surface area contributed by atoms with Crippen LogP contribution in [0.3, 0.4) is 0 Å². The molecule has 5 nitrogen and oxygen atoms in total. The predicted molar refractivity (Wildman–Crippen MR) is 96.2 cm³/mol. The minimum absolute atomic E-state index is 0.103. The second-order valence-electron chi connectivity index (χ2n) is 6.51. The molecule has 0 saturated carbocycles. The number of aromatic nitrogens is 2. The van der Waals surface area contributed by atoms with E-state index in [1.54, 1.807) is 0 Å². The van der Waals surface area contributed by atoms with Crippen molar-refractivity contribution in [2.45, 2.75) is 40.2 Å². The number of hydrogen-bond donors (Lipinski definition) is 0. The maximum atomic E-state index is 12.8. The fourth-order valence-electron chi connectivity index (χ4n) is 3.51. The van der Waals surface area contributed by atoms with Crippen LogP contribution in [0.1, 0.15) is 42.0 Å². The minimum Gasteiger partial charge on any atom is -0.337 e. The van der Waals surface area contributed by atoms with Crippen molar-refractivity contribution in [1.82, 2.24) is 19.8 Å². The second-order valence-corrected chi connectivity index (χ2v) is 6.51. The summed E-state index contributed by atoms with van der Waals surface area (Å²) in [5, 5.41) is 0. The number of benzene rings is 1. The number of fused-ring (bicyclic) bond motifs is 1. The van der Waals surface area contributed by atoms with Crippen LogP contribution >= 0.6 is 0 Å². The molecule has 0 aliphatic carbocycles. The highest BCUT2D eigenvalue weighted by atomic mass is 16.2. The van der Waals surface area contributed by atoms with Gasteiger partial charge < -0.3 is 4.90 Å². The molecule has 2 aromatic rings. The van der Waals surface area contributed by atoms with E-state index in [-0.39, 0.29) is 5.91 Å². The molecule has 24 heavy (non-hydrogen) atoms. The summed E-state index contributed by atoms with van der Waals surface area (Å²) in [6, 6.07) is 6.13. The summed E-state index contributed by atoms with van der Waals surface area (Å²) in [6.07, 6.45) is 1.05. The van der Waals surface area contributed by atoms with Crippen molar-refractivity contribution >= 4 is 16.9 Å². The molecule has 1 aromatic carbocycles. The molecule has 0 radical (unpaired) electrons. The van der Waals surface area contributed by atoms with Gasteiger partial charge in [-0.05, 0) is 51.6 Å². The standard InChI is InChI=1S/C19H26N4O/c1-5-22(6-2)16-9-10-23(12-16)19(24)15-7-8-17-18(11-15)21-14(4)13(3)20-17/h7-8,11,16H,5-6,9-10,12H2,1-4H3. The van der Waals surface area contributed by atoms with Crippen LogP contribution in [0.15, 0.2) is 18.2 Å². The monoisotopic (exact) mass is 326 g/mol. The summed E-state index contributed by atoms with van der Waals surface area (Å²) in [5.41, 5.74) is 4.19. The van der Waals surface area contributed by atoms with Gasteiger partial charge in [0.15, 0.2) is 0 Å². The third kappa shape index (κ3) is 3.13. The average Bonchev–Trinajstić information content (AvgIpc) is 3.06. The lowest BCUT2D eigenvalue weighted by molar-refractivity contribution is 0.0778. The van der Waals surface area contributed by atoms with Gasteiger partial charge >= 0.3 is 0 Å². The van der Waals surface area contributed by atoms with Crippen molar-refractivity contribution in [3.63, 3.8) is 0 Å². The van der Waals surface area contributed by atoms with Gasteiger partial charge in [0.1, 0.15) is 0 Å². The van der Waals surface area contributed by atoms with E-state index in [9.17, 15) is 4.79 Å². The zero-order chi connectivity index (χ0) is 17.3. The number of aryl methyl sites for hydroxylation is 2. The SMILES string of the molecule is CCN(CC)C1CCN(C(=O)c2ccc3nc(C)c(C)nc3c2)C1. The molecule has 1 aromatic heterocycles. The molecule has 0 bridgehead atoms. The summed E-state index contributed by atoms with van der Waals surface area (Å²) in [4.78, 5) is 26.4. The van der Waals surface area contributed by atoms with Crippen LogP contribution in [-0.4, -0.2) is 57.9 Å². The molecule has 1 amide bonds. The zero-order valence-electron chi connectivity index (χ0n) is 15.0. The lowest BCUT2D eigenvalue weighted by Crippen LogP contribution is -2.38. The second kappa shape index (κ2) is 6.85. The summed E-state index contributed by atoms with van der Waals surface area (Å²) in [5.74, 6) is 0.103. The molecule has 1 unspecified atom stereocenters. The summed E-state index contributed by atoms with van der Waals surface area (Å²) in [7, 11) is 0. The Labute approximate surface area is 143 Å². The van der Waals surface area contributed by atoms with Gasteiger partial charge in [-0.2, -0.15) is 0 Å². The maximum absolute atomic E-state index is 12.8. The largest absolute Gasteiger partial charge is 0.337 e. The van der Waals surface area contributed by atoms with Crippen LogP contribution in [0.5, 0.6) is 0 Å². The first kappa shape index (κ1) is 16.8.